The predicted octanol–water partition coefficient (Wildman–Crippen LogP) is 5.72. The van der Waals surface area contributed by atoms with E-state index in [1.54, 1.807) is 36.4 Å². The number of carboxylic acid groups (broad SMARTS) is 1. The van der Waals surface area contributed by atoms with Gasteiger partial charge in [-0.2, -0.15) is 18.2 Å². The number of esters is 1. The third-order valence-electron chi connectivity index (χ3n) is 4.79. The molecule has 0 spiro atoms. The van der Waals surface area contributed by atoms with Crippen molar-refractivity contribution in [2.24, 2.45) is 0 Å². The van der Waals surface area contributed by atoms with Crippen LogP contribution in [0.15, 0.2) is 102 Å². The fraction of sp³-hybridized carbons (Fsp3) is 0.222. The van der Waals surface area contributed by atoms with Crippen molar-refractivity contribution in [3.05, 3.63) is 114 Å². The summed E-state index contributed by atoms with van der Waals surface area (Å²) < 4.78 is 5.23. The van der Waals surface area contributed by atoms with Gasteiger partial charge in [-0.3, -0.25) is 4.79 Å². The van der Waals surface area contributed by atoms with Gasteiger partial charge in [-0.05, 0) is 23.1 Å². The third kappa shape index (κ3) is 7.70. The van der Waals surface area contributed by atoms with E-state index in [-0.39, 0.29) is 33.8 Å². The third-order valence-corrected chi connectivity index (χ3v) is 4.79. The van der Waals surface area contributed by atoms with Crippen molar-refractivity contribution in [2.75, 3.05) is 0 Å². The molecule has 1 aliphatic rings. The second kappa shape index (κ2) is 12.1. The van der Waals surface area contributed by atoms with Crippen LogP contribution in [-0.4, -0.2) is 22.2 Å². The van der Waals surface area contributed by atoms with Gasteiger partial charge in [0.2, 0.25) is 0 Å². The molecular formula is C27H29FeO5-. The predicted molar refractivity (Wildman–Crippen MR) is 125 cm³/mol. The van der Waals surface area contributed by atoms with E-state index in [9.17, 15) is 19.8 Å². The summed E-state index contributed by atoms with van der Waals surface area (Å²) in [6, 6.07) is 16.9. The van der Waals surface area contributed by atoms with Gasteiger partial charge < -0.3 is 14.9 Å². The van der Waals surface area contributed by atoms with Crippen LogP contribution in [0.5, 0.6) is 0 Å². The second-order valence-corrected chi connectivity index (χ2v) is 8.32. The first kappa shape index (κ1) is 27.8. The summed E-state index contributed by atoms with van der Waals surface area (Å²) in [5.74, 6) is -2.22. The monoisotopic (exact) mass is 489 g/mol. The van der Waals surface area contributed by atoms with Crippen molar-refractivity contribution in [3.8, 4) is 0 Å². The number of benzene rings is 1. The Morgan fingerprint density at radius 1 is 0.939 bits per heavy atom. The van der Waals surface area contributed by atoms with Crippen LogP contribution in [-0.2, 0) is 42.4 Å². The molecule has 5 nitrogen and oxygen atoms in total. The summed E-state index contributed by atoms with van der Waals surface area (Å²) in [5.41, 5.74) is -0.307. The minimum atomic E-state index is -2.04. The summed E-state index contributed by atoms with van der Waals surface area (Å²) in [5, 5.41) is 20.1. The largest absolute Gasteiger partial charge is 0.507 e. The van der Waals surface area contributed by atoms with E-state index < -0.39 is 17.5 Å². The van der Waals surface area contributed by atoms with Gasteiger partial charge in [0.1, 0.15) is 5.76 Å². The molecular weight excluding hydrogens is 460 g/mol. The van der Waals surface area contributed by atoms with Crippen molar-refractivity contribution < 1.29 is 41.6 Å². The number of aliphatic hydroxyl groups excluding tert-OH is 1. The second-order valence-electron chi connectivity index (χ2n) is 8.32. The first-order valence-electron chi connectivity index (χ1n) is 10.2. The number of carbonyl (C=O) groups is 2. The van der Waals surface area contributed by atoms with E-state index in [0.29, 0.717) is 5.57 Å². The normalized spacial score (nSPS) is 14.1. The Morgan fingerprint density at radius 3 is 1.85 bits per heavy atom. The van der Waals surface area contributed by atoms with Crippen LogP contribution in [0.4, 0.5) is 0 Å². The smallest absolute Gasteiger partial charge is 0.357 e. The maximum atomic E-state index is 12.1. The molecule has 6 heteroatoms. The molecule has 0 heterocycles. The van der Waals surface area contributed by atoms with Crippen LogP contribution in [0.25, 0.3) is 0 Å². The average molecular weight is 489 g/mol. The van der Waals surface area contributed by atoms with Gasteiger partial charge in [0, 0.05) is 35.1 Å². The summed E-state index contributed by atoms with van der Waals surface area (Å²) >= 11 is 0. The maximum Gasteiger partial charge on any atom is 0.357 e. The molecule has 0 bridgehead atoms. The molecule has 2 aromatic rings. The van der Waals surface area contributed by atoms with Gasteiger partial charge in [-0.1, -0.05) is 69.3 Å². The molecule has 33 heavy (non-hydrogen) atoms. The standard InChI is InChI=1S/C22H24O5.C5H5.Fe/c1-15(23)27-22(20(25)26,14-13-19(24)16-7-5-6-8-16)18-11-9-17(10-12-18)21(2,3)4;1-2-4-5-3-1;/h5-14,24H,1-4H3,(H,25,26);1-5H;/q;-1;/b14-13+;;. The molecule has 1 atom stereocenters. The van der Waals surface area contributed by atoms with Crippen LogP contribution in [0.3, 0.4) is 0 Å². The fourth-order valence-corrected chi connectivity index (χ4v) is 3.03. The molecule has 0 radical (unpaired) electrons. The SMILES string of the molecule is CC(=O)OC(/C=C/C(O)=C1C=CC=C1)(C(=O)O)c1ccc(C(C)(C)C)cc1.[Fe].c1cc[cH-]c1. The zero-order valence-electron chi connectivity index (χ0n) is 19.1. The minimum absolute atomic E-state index is 0. The average Bonchev–Trinajstić information content (AvgIpc) is 3.46. The van der Waals surface area contributed by atoms with Crippen LogP contribution in [0.1, 0.15) is 38.8 Å². The van der Waals surface area contributed by atoms with Crippen molar-refractivity contribution in [1.82, 2.24) is 0 Å². The van der Waals surface area contributed by atoms with Crippen molar-refractivity contribution >= 4 is 11.9 Å². The van der Waals surface area contributed by atoms with Crippen LogP contribution in [0.2, 0.25) is 0 Å². The Balaban J connectivity index is 0.000000799. The number of aliphatic carboxylic acids is 1. The Bertz CT molecular complexity index is 1000. The molecule has 0 amide bonds. The Morgan fingerprint density at radius 2 is 1.45 bits per heavy atom. The van der Waals surface area contributed by atoms with Crippen LogP contribution in [0, 0.1) is 0 Å². The quantitative estimate of drug-likeness (QED) is 0.243. The summed E-state index contributed by atoms with van der Waals surface area (Å²) in [4.78, 5) is 23.8. The van der Waals surface area contributed by atoms with E-state index in [1.807, 2.05) is 63.2 Å². The van der Waals surface area contributed by atoms with E-state index in [4.69, 9.17) is 4.74 Å². The van der Waals surface area contributed by atoms with E-state index >= 15 is 0 Å². The number of hydrogen-bond acceptors (Lipinski definition) is 4. The molecule has 1 unspecified atom stereocenters. The molecule has 2 N–H and O–H groups in total. The van der Waals surface area contributed by atoms with Crippen LogP contribution < -0.4 is 0 Å². The molecule has 0 fully saturated rings. The van der Waals surface area contributed by atoms with Crippen LogP contribution >= 0.6 is 0 Å². The van der Waals surface area contributed by atoms with Gasteiger partial charge in [0.25, 0.3) is 5.60 Å². The van der Waals surface area contributed by atoms with Gasteiger partial charge in [-0.25, -0.2) is 16.9 Å². The number of carboxylic acids is 1. The summed E-state index contributed by atoms with van der Waals surface area (Å²) in [6.07, 6.45) is 9.30. The molecule has 2 aromatic carbocycles. The van der Waals surface area contributed by atoms with Crippen molar-refractivity contribution in [1.29, 1.82) is 0 Å². The zero-order valence-corrected chi connectivity index (χ0v) is 20.2. The summed E-state index contributed by atoms with van der Waals surface area (Å²) in [6.45, 7) is 7.29. The first-order chi connectivity index (χ1) is 15.1. The topological polar surface area (TPSA) is 83.8 Å². The minimum Gasteiger partial charge on any atom is -0.507 e. The number of carbonyl (C=O) groups excluding carboxylic acids is 1. The van der Waals surface area contributed by atoms with Gasteiger partial charge in [0.15, 0.2) is 0 Å². The first-order valence-corrected chi connectivity index (χ1v) is 10.2. The van der Waals surface area contributed by atoms with Gasteiger partial charge >= 0.3 is 11.9 Å². The van der Waals surface area contributed by atoms with Crippen molar-refractivity contribution in [3.63, 3.8) is 0 Å². The number of ether oxygens (including phenoxy) is 1. The number of hydrogen-bond donors (Lipinski definition) is 2. The summed E-state index contributed by atoms with van der Waals surface area (Å²) in [7, 11) is 0. The molecule has 0 saturated carbocycles. The van der Waals surface area contributed by atoms with Gasteiger partial charge in [-0.15, -0.1) is 0 Å². The van der Waals surface area contributed by atoms with Crippen molar-refractivity contribution in [2.45, 2.75) is 38.7 Å². The molecule has 1 aliphatic carbocycles. The Kier molecular flexibility index (Phi) is 10.2. The van der Waals surface area contributed by atoms with E-state index in [0.717, 1.165) is 12.5 Å². The number of aliphatic hydroxyl groups is 1. The Hall–Kier alpha value is -3.21. The Labute approximate surface area is 205 Å². The van der Waals surface area contributed by atoms with E-state index in [1.165, 1.54) is 12.2 Å². The van der Waals surface area contributed by atoms with Gasteiger partial charge in [0.05, 0.1) is 0 Å². The fourth-order valence-electron chi connectivity index (χ4n) is 3.03. The molecule has 0 aromatic heterocycles. The van der Waals surface area contributed by atoms with E-state index in [2.05, 4.69) is 0 Å². The molecule has 0 aliphatic heterocycles. The maximum absolute atomic E-state index is 12.1. The molecule has 176 valence electrons. The zero-order chi connectivity index (χ0) is 23.8. The molecule has 0 saturated heterocycles. The number of rotatable bonds is 5. The molecule has 3 rings (SSSR count). The number of allylic oxidation sites excluding steroid dienone is 6.